The Kier molecular flexibility index (Phi) is 5.75. The molecule has 0 radical (unpaired) electrons. The van der Waals surface area contributed by atoms with Crippen molar-refractivity contribution in [3.05, 3.63) is 65.7 Å². The number of urea groups is 1. The van der Waals surface area contributed by atoms with Gasteiger partial charge in [0.15, 0.2) is 0 Å². The maximum atomic E-state index is 13.3. The topological polar surface area (TPSA) is 91.4 Å². The highest BCUT2D eigenvalue weighted by atomic mass is 19.1. The minimum Gasteiger partial charge on any atom is -0.356 e. The van der Waals surface area contributed by atoms with E-state index in [1.54, 1.807) is 18.5 Å². The number of benzene rings is 1. The fourth-order valence-electron chi connectivity index (χ4n) is 2.84. The van der Waals surface area contributed by atoms with Gasteiger partial charge in [0.05, 0.1) is 13.0 Å². The molecule has 1 fully saturated rings. The molecule has 0 bridgehead atoms. The predicted molar refractivity (Wildman–Crippen MR) is 94.8 cm³/mol. The van der Waals surface area contributed by atoms with E-state index < -0.39 is 23.8 Å². The van der Waals surface area contributed by atoms with E-state index in [0.717, 1.165) is 10.5 Å². The van der Waals surface area contributed by atoms with Crippen molar-refractivity contribution in [2.75, 3.05) is 6.54 Å². The maximum absolute atomic E-state index is 13.3. The summed E-state index contributed by atoms with van der Waals surface area (Å²) in [5.41, 5.74) is 1.54. The molecule has 140 valence electrons. The summed E-state index contributed by atoms with van der Waals surface area (Å²) in [5, 5.41) is 5.24. The Morgan fingerprint density at radius 1 is 1.19 bits per heavy atom. The SMILES string of the molecule is O=C(CC1NC(=O)N(Cc2cccc(F)c2)C1=O)NCCc1ccncc1. The van der Waals surface area contributed by atoms with Crippen molar-refractivity contribution < 1.29 is 18.8 Å². The molecule has 1 aromatic carbocycles. The summed E-state index contributed by atoms with van der Waals surface area (Å²) in [6, 6.07) is 7.91. The van der Waals surface area contributed by atoms with Crippen molar-refractivity contribution in [1.82, 2.24) is 20.5 Å². The summed E-state index contributed by atoms with van der Waals surface area (Å²) < 4.78 is 13.3. The van der Waals surface area contributed by atoms with Crippen LogP contribution in [0.1, 0.15) is 17.5 Å². The third-order valence-corrected chi connectivity index (χ3v) is 4.21. The van der Waals surface area contributed by atoms with Gasteiger partial charge in [-0.2, -0.15) is 0 Å². The monoisotopic (exact) mass is 370 g/mol. The largest absolute Gasteiger partial charge is 0.356 e. The lowest BCUT2D eigenvalue weighted by Crippen LogP contribution is -2.37. The third-order valence-electron chi connectivity index (χ3n) is 4.21. The van der Waals surface area contributed by atoms with E-state index in [4.69, 9.17) is 0 Å². The zero-order valence-corrected chi connectivity index (χ0v) is 14.5. The molecule has 4 amide bonds. The average Bonchev–Trinajstić information content (AvgIpc) is 2.90. The smallest absolute Gasteiger partial charge is 0.325 e. The molecule has 0 aliphatic carbocycles. The van der Waals surface area contributed by atoms with E-state index in [9.17, 15) is 18.8 Å². The van der Waals surface area contributed by atoms with Crippen LogP contribution in [0.25, 0.3) is 0 Å². The maximum Gasteiger partial charge on any atom is 0.325 e. The van der Waals surface area contributed by atoms with E-state index in [2.05, 4.69) is 15.6 Å². The van der Waals surface area contributed by atoms with Crippen LogP contribution in [0, 0.1) is 5.82 Å². The van der Waals surface area contributed by atoms with E-state index in [-0.39, 0.29) is 18.9 Å². The van der Waals surface area contributed by atoms with Crippen LogP contribution in [0.5, 0.6) is 0 Å². The number of carbonyl (C=O) groups excluding carboxylic acids is 3. The summed E-state index contributed by atoms with van der Waals surface area (Å²) in [4.78, 5) is 41.4. The Morgan fingerprint density at radius 3 is 2.70 bits per heavy atom. The zero-order valence-electron chi connectivity index (χ0n) is 14.5. The van der Waals surface area contributed by atoms with Gasteiger partial charge in [0.1, 0.15) is 11.9 Å². The normalized spacial score (nSPS) is 16.3. The Morgan fingerprint density at radius 2 is 1.96 bits per heavy atom. The molecule has 0 spiro atoms. The second kappa shape index (κ2) is 8.39. The summed E-state index contributed by atoms with van der Waals surface area (Å²) in [7, 11) is 0. The Labute approximate surface area is 155 Å². The molecule has 2 N–H and O–H groups in total. The van der Waals surface area contributed by atoms with Gasteiger partial charge in [-0.15, -0.1) is 0 Å². The number of pyridine rings is 1. The van der Waals surface area contributed by atoms with E-state index in [1.807, 2.05) is 12.1 Å². The van der Waals surface area contributed by atoms with Gasteiger partial charge >= 0.3 is 6.03 Å². The third kappa shape index (κ3) is 4.87. The van der Waals surface area contributed by atoms with Crippen molar-refractivity contribution >= 4 is 17.8 Å². The van der Waals surface area contributed by atoms with Gasteiger partial charge in [0, 0.05) is 18.9 Å². The molecule has 27 heavy (non-hydrogen) atoms. The molecule has 2 aromatic rings. The van der Waals surface area contributed by atoms with Crippen LogP contribution in [-0.2, 0) is 22.6 Å². The Bertz CT molecular complexity index is 844. The second-order valence-electron chi connectivity index (χ2n) is 6.22. The van der Waals surface area contributed by atoms with Crippen LogP contribution < -0.4 is 10.6 Å². The number of hydrogen-bond acceptors (Lipinski definition) is 4. The number of carbonyl (C=O) groups is 3. The fourth-order valence-corrected chi connectivity index (χ4v) is 2.84. The van der Waals surface area contributed by atoms with Crippen LogP contribution in [0.2, 0.25) is 0 Å². The standard InChI is InChI=1S/C19H19FN4O3/c20-15-3-1-2-14(10-15)12-24-18(26)16(23-19(24)27)11-17(25)22-9-6-13-4-7-21-8-5-13/h1-5,7-8,10,16H,6,9,11-12H2,(H,22,25)(H,23,27). The van der Waals surface area contributed by atoms with Crippen LogP contribution in [0.3, 0.4) is 0 Å². The summed E-state index contributed by atoms with van der Waals surface area (Å²) in [6.45, 7) is 0.382. The number of amides is 4. The first kappa shape index (κ1) is 18.5. The van der Waals surface area contributed by atoms with Gasteiger partial charge < -0.3 is 10.6 Å². The molecule has 1 aliphatic rings. The summed E-state index contributed by atoms with van der Waals surface area (Å²) in [5.74, 6) is -1.26. The van der Waals surface area contributed by atoms with Gasteiger partial charge in [0.25, 0.3) is 5.91 Å². The molecule has 1 unspecified atom stereocenters. The first-order chi connectivity index (χ1) is 13.0. The van der Waals surface area contributed by atoms with Crippen LogP contribution in [0.15, 0.2) is 48.8 Å². The molecule has 1 atom stereocenters. The van der Waals surface area contributed by atoms with Crippen molar-refractivity contribution in [2.45, 2.75) is 25.4 Å². The number of aromatic nitrogens is 1. The highest BCUT2D eigenvalue weighted by molar-refractivity contribution is 6.05. The molecule has 1 aromatic heterocycles. The first-order valence-electron chi connectivity index (χ1n) is 8.55. The highest BCUT2D eigenvalue weighted by Gasteiger charge is 2.38. The minimum absolute atomic E-state index is 0.0391. The molecule has 0 saturated carbocycles. The molecule has 8 heteroatoms. The lowest BCUT2D eigenvalue weighted by atomic mass is 10.1. The Hall–Kier alpha value is -3.29. The van der Waals surface area contributed by atoms with Crippen LogP contribution in [0.4, 0.5) is 9.18 Å². The van der Waals surface area contributed by atoms with Gasteiger partial charge in [0.2, 0.25) is 5.91 Å². The summed E-state index contributed by atoms with van der Waals surface area (Å²) in [6.07, 6.45) is 3.86. The highest BCUT2D eigenvalue weighted by Crippen LogP contribution is 2.14. The lowest BCUT2D eigenvalue weighted by Gasteiger charge is -2.13. The molecule has 2 heterocycles. The lowest BCUT2D eigenvalue weighted by molar-refractivity contribution is -0.131. The molecular formula is C19H19FN4O3. The quantitative estimate of drug-likeness (QED) is 0.721. The Balaban J connectivity index is 1.49. The van der Waals surface area contributed by atoms with Crippen LogP contribution >= 0.6 is 0 Å². The number of hydrogen-bond donors (Lipinski definition) is 2. The average molecular weight is 370 g/mol. The molecule has 7 nitrogen and oxygen atoms in total. The van der Waals surface area contributed by atoms with Crippen molar-refractivity contribution in [1.29, 1.82) is 0 Å². The van der Waals surface area contributed by atoms with Gasteiger partial charge in [-0.3, -0.25) is 19.5 Å². The zero-order chi connectivity index (χ0) is 19.2. The predicted octanol–water partition coefficient (Wildman–Crippen LogP) is 1.39. The van der Waals surface area contributed by atoms with Gasteiger partial charge in [-0.05, 0) is 41.8 Å². The molecule has 1 saturated heterocycles. The summed E-state index contributed by atoms with van der Waals surface area (Å²) >= 11 is 0. The van der Waals surface area contributed by atoms with Crippen molar-refractivity contribution in [3.8, 4) is 0 Å². The van der Waals surface area contributed by atoms with Crippen LogP contribution in [-0.4, -0.2) is 40.3 Å². The number of rotatable bonds is 7. The molecular weight excluding hydrogens is 351 g/mol. The van der Waals surface area contributed by atoms with Gasteiger partial charge in [-0.25, -0.2) is 9.18 Å². The van der Waals surface area contributed by atoms with E-state index in [0.29, 0.717) is 18.5 Å². The number of nitrogens with zero attached hydrogens (tertiary/aromatic N) is 2. The molecule has 3 rings (SSSR count). The second-order valence-corrected chi connectivity index (χ2v) is 6.22. The van der Waals surface area contributed by atoms with Crippen molar-refractivity contribution in [2.24, 2.45) is 0 Å². The van der Waals surface area contributed by atoms with E-state index in [1.165, 1.54) is 18.2 Å². The number of nitrogens with one attached hydrogen (secondary N) is 2. The first-order valence-corrected chi connectivity index (χ1v) is 8.55. The number of halogens is 1. The number of imide groups is 1. The van der Waals surface area contributed by atoms with Crippen molar-refractivity contribution in [3.63, 3.8) is 0 Å². The van der Waals surface area contributed by atoms with Gasteiger partial charge in [-0.1, -0.05) is 12.1 Å². The fraction of sp³-hybridized carbons (Fsp3) is 0.263. The molecule has 1 aliphatic heterocycles. The minimum atomic E-state index is -0.910. The van der Waals surface area contributed by atoms with E-state index >= 15 is 0 Å².